The lowest BCUT2D eigenvalue weighted by molar-refractivity contribution is 0.0957. The van der Waals surface area contributed by atoms with E-state index in [1.54, 1.807) is 6.08 Å². The normalized spacial score (nSPS) is 14.5. The van der Waals surface area contributed by atoms with Crippen molar-refractivity contribution < 1.29 is 17.9 Å². The van der Waals surface area contributed by atoms with Crippen molar-refractivity contribution in [3.05, 3.63) is 36.4 Å². The Hall–Kier alpha value is -1.86. The lowest BCUT2D eigenvalue weighted by atomic mass is 10.2. The number of hydrogen-bond acceptors (Lipinski definition) is 4. The van der Waals surface area contributed by atoms with Crippen molar-refractivity contribution in [3.63, 3.8) is 0 Å². The Kier molecular flexibility index (Phi) is 4.64. The quantitative estimate of drug-likeness (QED) is 0.737. The molecule has 1 amide bonds. The predicted molar refractivity (Wildman–Crippen MR) is 78.9 cm³/mol. The Balaban J connectivity index is 2.33. The van der Waals surface area contributed by atoms with E-state index in [-0.39, 0.29) is 28.2 Å². The molecule has 0 heterocycles. The van der Waals surface area contributed by atoms with E-state index in [2.05, 4.69) is 16.6 Å². The fourth-order valence-corrected chi connectivity index (χ4v) is 3.28. The van der Waals surface area contributed by atoms with Gasteiger partial charge in [-0.25, -0.2) is 13.1 Å². The second-order valence-electron chi connectivity index (χ2n) is 4.76. The molecule has 2 rings (SSSR count). The van der Waals surface area contributed by atoms with Gasteiger partial charge in [-0.3, -0.25) is 4.79 Å². The number of carbonyl (C=O) groups is 1. The maximum atomic E-state index is 12.3. The van der Waals surface area contributed by atoms with Crippen LogP contribution in [0.1, 0.15) is 23.2 Å². The molecule has 6 nitrogen and oxygen atoms in total. The van der Waals surface area contributed by atoms with Crippen LogP contribution in [0.15, 0.2) is 35.7 Å². The number of benzene rings is 1. The van der Waals surface area contributed by atoms with Crippen molar-refractivity contribution in [1.29, 1.82) is 0 Å². The van der Waals surface area contributed by atoms with Gasteiger partial charge in [0.2, 0.25) is 10.0 Å². The Morgan fingerprint density at radius 3 is 2.76 bits per heavy atom. The number of nitrogens with one attached hydrogen (secondary N) is 2. The molecule has 1 saturated carbocycles. The van der Waals surface area contributed by atoms with E-state index < -0.39 is 10.0 Å². The zero-order valence-corrected chi connectivity index (χ0v) is 12.6. The highest BCUT2D eigenvalue weighted by molar-refractivity contribution is 7.89. The number of amides is 1. The smallest absolute Gasteiger partial charge is 0.251 e. The summed E-state index contributed by atoms with van der Waals surface area (Å²) in [5.41, 5.74) is 0.258. The molecule has 1 aromatic carbocycles. The van der Waals surface area contributed by atoms with E-state index in [1.807, 2.05) is 0 Å². The third kappa shape index (κ3) is 3.83. The molecule has 0 radical (unpaired) electrons. The van der Waals surface area contributed by atoms with Gasteiger partial charge in [-0.05, 0) is 31.0 Å². The first-order valence-corrected chi connectivity index (χ1v) is 8.05. The fourth-order valence-electron chi connectivity index (χ4n) is 1.78. The lowest BCUT2D eigenvalue weighted by Crippen LogP contribution is -2.27. The highest BCUT2D eigenvalue weighted by Crippen LogP contribution is 2.28. The Bertz CT molecular complexity index is 651. The molecule has 7 heteroatoms. The van der Waals surface area contributed by atoms with Crippen LogP contribution in [0.4, 0.5) is 0 Å². The summed E-state index contributed by atoms with van der Waals surface area (Å²) in [4.78, 5) is 11.9. The maximum Gasteiger partial charge on any atom is 0.251 e. The molecule has 2 N–H and O–H groups in total. The van der Waals surface area contributed by atoms with E-state index >= 15 is 0 Å². The van der Waals surface area contributed by atoms with Crippen LogP contribution in [0, 0.1) is 0 Å². The van der Waals surface area contributed by atoms with Crippen LogP contribution in [0.25, 0.3) is 0 Å². The average Bonchev–Trinajstić information content (AvgIpc) is 3.27. The molecule has 114 valence electrons. The zero-order valence-electron chi connectivity index (χ0n) is 11.8. The van der Waals surface area contributed by atoms with Crippen molar-refractivity contribution in [2.45, 2.75) is 23.8 Å². The van der Waals surface area contributed by atoms with Crippen LogP contribution in [0.5, 0.6) is 5.75 Å². The number of hydrogen-bond donors (Lipinski definition) is 2. The topological polar surface area (TPSA) is 84.5 Å². The minimum atomic E-state index is -3.69. The molecule has 21 heavy (non-hydrogen) atoms. The fraction of sp³-hybridized carbons (Fsp3) is 0.357. The van der Waals surface area contributed by atoms with Gasteiger partial charge in [-0.1, -0.05) is 6.08 Å². The van der Waals surface area contributed by atoms with Gasteiger partial charge < -0.3 is 10.1 Å². The SMILES string of the molecule is C=CCNC(=O)c1ccc(OC)c(S(=O)(=O)NC2CC2)c1. The molecule has 0 aromatic heterocycles. The zero-order chi connectivity index (χ0) is 15.5. The van der Waals surface area contributed by atoms with E-state index in [9.17, 15) is 13.2 Å². The summed E-state index contributed by atoms with van der Waals surface area (Å²) in [5.74, 6) is -0.149. The van der Waals surface area contributed by atoms with Gasteiger partial charge in [0.1, 0.15) is 10.6 Å². The second-order valence-corrected chi connectivity index (χ2v) is 6.44. The summed E-state index contributed by atoms with van der Waals surface area (Å²) in [6.07, 6.45) is 3.22. The van der Waals surface area contributed by atoms with E-state index in [0.717, 1.165) is 12.8 Å². The summed E-state index contributed by atoms with van der Waals surface area (Å²) in [6.45, 7) is 3.82. The third-order valence-electron chi connectivity index (χ3n) is 3.02. The standard InChI is InChI=1S/C14H18N2O4S/c1-3-8-15-14(17)10-4-7-12(20-2)13(9-10)21(18,19)16-11-5-6-11/h3-4,7,9,11,16H,1,5-6,8H2,2H3,(H,15,17). The second kappa shape index (κ2) is 6.28. The van der Waals surface area contributed by atoms with Gasteiger partial charge in [0.15, 0.2) is 0 Å². The molecule has 0 unspecified atom stereocenters. The lowest BCUT2D eigenvalue weighted by Gasteiger charge is -2.12. The van der Waals surface area contributed by atoms with E-state index in [0.29, 0.717) is 6.54 Å². The number of sulfonamides is 1. The Morgan fingerprint density at radius 1 is 1.48 bits per heavy atom. The number of methoxy groups -OCH3 is 1. The maximum absolute atomic E-state index is 12.3. The number of ether oxygens (including phenoxy) is 1. The summed E-state index contributed by atoms with van der Waals surface area (Å²) in [6, 6.07) is 4.30. The van der Waals surface area contributed by atoms with Gasteiger partial charge in [-0.2, -0.15) is 0 Å². The highest BCUT2D eigenvalue weighted by Gasteiger charge is 2.30. The summed E-state index contributed by atoms with van der Waals surface area (Å²) < 4.78 is 32.3. The number of rotatable bonds is 7. The van der Waals surface area contributed by atoms with Crippen LogP contribution in [0.2, 0.25) is 0 Å². The molecule has 0 atom stereocenters. The van der Waals surface area contributed by atoms with Crippen molar-refractivity contribution in [2.75, 3.05) is 13.7 Å². The summed E-state index contributed by atoms with van der Waals surface area (Å²) >= 11 is 0. The van der Waals surface area contributed by atoms with Gasteiger partial charge in [0.25, 0.3) is 5.91 Å². The van der Waals surface area contributed by atoms with E-state index in [1.165, 1.54) is 25.3 Å². The van der Waals surface area contributed by atoms with Crippen molar-refractivity contribution in [1.82, 2.24) is 10.0 Å². The van der Waals surface area contributed by atoms with Crippen LogP contribution in [-0.4, -0.2) is 34.0 Å². The molecular formula is C14H18N2O4S. The monoisotopic (exact) mass is 310 g/mol. The molecule has 0 bridgehead atoms. The van der Waals surface area contributed by atoms with Crippen LogP contribution in [-0.2, 0) is 10.0 Å². The highest BCUT2D eigenvalue weighted by atomic mass is 32.2. The van der Waals surface area contributed by atoms with Crippen molar-refractivity contribution in [3.8, 4) is 5.75 Å². The van der Waals surface area contributed by atoms with Crippen LogP contribution < -0.4 is 14.8 Å². The van der Waals surface area contributed by atoms with Gasteiger partial charge in [0.05, 0.1) is 7.11 Å². The first-order valence-electron chi connectivity index (χ1n) is 6.57. The summed E-state index contributed by atoms with van der Waals surface area (Å²) in [7, 11) is -2.30. The van der Waals surface area contributed by atoms with Crippen molar-refractivity contribution in [2.24, 2.45) is 0 Å². The molecule has 0 spiro atoms. The molecule has 1 aromatic rings. The average molecular weight is 310 g/mol. The Morgan fingerprint density at radius 2 is 2.19 bits per heavy atom. The largest absolute Gasteiger partial charge is 0.495 e. The molecule has 0 aliphatic heterocycles. The third-order valence-corrected chi connectivity index (χ3v) is 4.56. The summed E-state index contributed by atoms with van der Waals surface area (Å²) in [5, 5.41) is 2.60. The van der Waals surface area contributed by atoms with Crippen molar-refractivity contribution >= 4 is 15.9 Å². The minimum absolute atomic E-state index is 0.0158. The molecule has 1 aliphatic carbocycles. The first kappa shape index (κ1) is 15.5. The molecule has 1 fully saturated rings. The molecule has 1 aliphatic rings. The van der Waals surface area contributed by atoms with Gasteiger partial charge >= 0.3 is 0 Å². The van der Waals surface area contributed by atoms with Crippen LogP contribution >= 0.6 is 0 Å². The first-order chi connectivity index (χ1) is 9.97. The van der Waals surface area contributed by atoms with Crippen LogP contribution in [0.3, 0.4) is 0 Å². The van der Waals surface area contributed by atoms with Gasteiger partial charge in [0, 0.05) is 18.2 Å². The number of carbonyl (C=O) groups excluding carboxylic acids is 1. The molecule has 0 saturated heterocycles. The van der Waals surface area contributed by atoms with E-state index in [4.69, 9.17) is 4.74 Å². The molecular weight excluding hydrogens is 292 g/mol. The Labute approximate surface area is 124 Å². The minimum Gasteiger partial charge on any atom is -0.495 e. The van der Waals surface area contributed by atoms with Gasteiger partial charge in [-0.15, -0.1) is 6.58 Å². The predicted octanol–water partition coefficient (Wildman–Crippen LogP) is 1.05.